The molecule has 0 amide bonds. The molecule has 1 aromatic carbocycles. The molecule has 1 saturated heterocycles. The molecule has 0 radical (unpaired) electrons. The molecule has 2 aliphatic heterocycles. The minimum Gasteiger partial charge on any atom is -0.348 e. The molecule has 0 bridgehead atoms. The quantitative estimate of drug-likeness (QED) is 0.831. The van der Waals surface area contributed by atoms with Gasteiger partial charge in [0.1, 0.15) is 6.10 Å². The molecule has 2 heterocycles. The lowest BCUT2D eigenvalue weighted by atomic mass is 10.0. The Labute approximate surface area is 106 Å². The molecule has 1 fully saturated rings. The summed E-state index contributed by atoms with van der Waals surface area (Å²) < 4.78 is 37.8. The van der Waals surface area contributed by atoms with Crippen molar-refractivity contribution in [2.24, 2.45) is 0 Å². The van der Waals surface area contributed by atoms with Crippen LogP contribution in [0.4, 0.5) is 0 Å². The zero-order chi connectivity index (χ0) is 13.0. The lowest BCUT2D eigenvalue weighted by Crippen LogP contribution is -2.32. The summed E-state index contributed by atoms with van der Waals surface area (Å²) in [6, 6.07) is 6.60. The number of rotatable bonds is 1. The first-order valence-electron chi connectivity index (χ1n) is 5.82. The smallest absolute Gasteiger partial charge is 0.241 e. The van der Waals surface area contributed by atoms with Gasteiger partial charge in [-0.15, -0.1) is 0 Å². The van der Waals surface area contributed by atoms with E-state index in [2.05, 4.69) is 4.72 Å². The zero-order valence-corrected chi connectivity index (χ0v) is 11.0. The number of hydrogen-bond donors (Lipinski definition) is 1. The second-order valence-electron chi connectivity index (χ2n) is 5.00. The van der Waals surface area contributed by atoms with Crippen molar-refractivity contribution in [2.75, 3.05) is 6.61 Å². The van der Waals surface area contributed by atoms with E-state index < -0.39 is 15.8 Å². The zero-order valence-electron chi connectivity index (χ0n) is 10.2. The number of fused-ring (bicyclic) bond motifs is 1. The van der Waals surface area contributed by atoms with Gasteiger partial charge in [0.25, 0.3) is 0 Å². The number of nitrogens with one attached hydrogen (secondary N) is 1. The van der Waals surface area contributed by atoms with Crippen molar-refractivity contribution in [3.05, 3.63) is 29.8 Å². The average Bonchev–Trinajstić information content (AvgIpc) is 2.78. The van der Waals surface area contributed by atoms with Crippen LogP contribution in [0.2, 0.25) is 0 Å². The summed E-state index contributed by atoms with van der Waals surface area (Å²) in [7, 11) is -3.42. The van der Waals surface area contributed by atoms with E-state index in [1.54, 1.807) is 12.1 Å². The molecule has 0 aromatic heterocycles. The predicted octanol–water partition coefficient (Wildman–Crippen LogP) is 1.17. The lowest BCUT2D eigenvalue weighted by Gasteiger charge is -2.20. The molecule has 1 N–H and O–H groups in total. The maximum atomic E-state index is 12.0. The molecule has 98 valence electrons. The van der Waals surface area contributed by atoms with E-state index in [0.717, 1.165) is 5.56 Å². The summed E-state index contributed by atoms with van der Waals surface area (Å²) in [5, 5.41) is 0. The molecule has 18 heavy (non-hydrogen) atoms. The van der Waals surface area contributed by atoms with Crippen molar-refractivity contribution in [1.29, 1.82) is 0 Å². The Balaban J connectivity index is 1.98. The highest BCUT2D eigenvalue weighted by molar-refractivity contribution is 7.89. The van der Waals surface area contributed by atoms with E-state index in [0.29, 0.717) is 11.5 Å². The minimum absolute atomic E-state index is 0.293. The average molecular weight is 269 g/mol. The maximum absolute atomic E-state index is 12.0. The predicted molar refractivity (Wildman–Crippen MR) is 64.4 cm³/mol. The van der Waals surface area contributed by atoms with Crippen molar-refractivity contribution in [2.45, 2.75) is 36.7 Å². The summed E-state index contributed by atoms with van der Waals surface area (Å²) in [5.74, 6) is -0.659. The molecule has 6 heteroatoms. The molecule has 2 atom stereocenters. The Hall–Kier alpha value is -0.950. The van der Waals surface area contributed by atoms with Crippen LogP contribution in [0.1, 0.15) is 25.5 Å². The van der Waals surface area contributed by atoms with E-state index in [9.17, 15) is 8.42 Å². The summed E-state index contributed by atoms with van der Waals surface area (Å²) >= 11 is 0. The van der Waals surface area contributed by atoms with Crippen LogP contribution in [0.15, 0.2) is 29.2 Å². The Kier molecular flexibility index (Phi) is 2.54. The normalized spacial score (nSPS) is 32.3. The number of hydrogen-bond acceptors (Lipinski definition) is 4. The first kappa shape index (κ1) is 12.1. The van der Waals surface area contributed by atoms with Gasteiger partial charge in [0, 0.05) is 0 Å². The van der Waals surface area contributed by atoms with Crippen molar-refractivity contribution in [3.8, 4) is 0 Å². The highest BCUT2D eigenvalue weighted by atomic mass is 32.2. The van der Waals surface area contributed by atoms with Crippen LogP contribution in [0, 0.1) is 0 Å². The second-order valence-corrected chi connectivity index (χ2v) is 6.69. The van der Waals surface area contributed by atoms with Crippen molar-refractivity contribution in [3.63, 3.8) is 0 Å². The summed E-state index contributed by atoms with van der Waals surface area (Å²) in [6.07, 6.45) is -0.293. The van der Waals surface area contributed by atoms with E-state index in [4.69, 9.17) is 9.47 Å². The molecule has 5 nitrogen and oxygen atoms in total. The maximum Gasteiger partial charge on any atom is 0.241 e. The Morgan fingerprint density at radius 3 is 2.72 bits per heavy atom. The summed E-state index contributed by atoms with van der Waals surface area (Å²) in [6.45, 7) is 4.03. The van der Waals surface area contributed by atoms with Gasteiger partial charge in [-0.05, 0) is 25.5 Å². The fraction of sp³-hybridized carbons (Fsp3) is 0.500. The minimum atomic E-state index is -3.42. The van der Waals surface area contributed by atoms with E-state index >= 15 is 0 Å². The third-order valence-electron chi connectivity index (χ3n) is 3.23. The van der Waals surface area contributed by atoms with Crippen molar-refractivity contribution >= 4 is 10.0 Å². The largest absolute Gasteiger partial charge is 0.348 e. The lowest BCUT2D eigenvalue weighted by molar-refractivity contribution is -0.141. The van der Waals surface area contributed by atoms with Gasteiger partial charge in [0.2, 0.25) is 10.0 Å². The fourth-order valence-electron chi connectivity index (χ4n) is 2.43. The molecular weight excluding hydrogens is 254 g/mol. The third-order valence-corrected chi connectivity index (χ3v) is 4.74. The number of ether oxygens (including phenoxy) is 2. The van der Waals surface area contributed by atoms with Crippen LogP contribution < -0.4 is 4.72 Å². The highest BCUT2D eigenvalue weighted by Crippen LogP contribution is 2.37. The van der Waals surface area contributed by atoms with Crippen LogP contribution in [0.3, 0.4) is 0 Å². The first-order valence-corrected chi connectivity index (χ1v) is 7.30. The Morgan fingerprint density at radius 2 is 2.06 bits per heavy atom. The van der Waals surface area contributed by atoms with Gasteiger partial charge in [-0.25, -0.2) is 13.1 Å². The molecule has 3 rings (SSSR count). The Morgan fingerprint density at radius 1 is 1.33 bits per heavy atom. The van der Waals surface area contributed by atoms with Gasteiger partial charge in [-0.3, -0.25) is 0 Å². The van der Waals surface area contributed by atoms with Gasteiger partial charge < -0.3 is 9.47 Å². The van der Waals surface area contributed by atoms with E-state index in [-0.39, 0.29) is 12.1 Å². The Bertz CT molecular complexity index is 581. The van der Waals surface area contributed by atoms with Gasteiger partial charge in [0.05, 0.1) is 17.5 Å². The summed E-state index contributed by atoms with van der Waals surface area (Å²) in [4.78, 5) is 0.336. The van der Waals surface area contributed by atoms with E-state index in [1.165, 1.54) is 0 Å². The van der Waals surface area contributed by atoms with Gasteiger partial charge in [0.15, 0.2) is 5.79 Å². The monoisotopic (exact) mass is 269 g/mol. The molecule has 0 aliphatic carbocycles. The number of sulfonamides is 1. The van der Waals surface area contributed by atoms with Crippen LogP contribution in [-0.4, -0.2) is 26.9 Å². The van der Waals surface area contributed by atoms with Crippen LogP contribution in [-0.2, 0) is 19.5 Å². The van der Waals surface area contributed by atoms with Crippen LogP contribution in [0.5, 0.6) is 0 Å². The second kappa shape index (κ2) is 3.77. The number of benzene rings is 1. The van der Waals surface area contributed by atoms with Crippen LogP contribution >= 0.6 is 0 Å². The van der Waals surface area contributed by atoms with Crippen LogP contribution in [0.25, 0.3) is 0 Å². The summed E-state index contributed by atoms with van der Waals surface area (Å²) in [5.41, 5.74) is 0.754. The molecule has 0 spiro atoms. The fourth-order valence-corrected chi connectivity index (χ4v) is 3.94. The van der Waals surface area contributed by atoms with E-state index in [1.807, 2.05) is 26.0 Å². The highest BCUT2D eigenvalue weighted by Gasteiger charge is 2.44. The van der Waals surface area contributed by atoms with Crippen molar-refractivity contribution in [1.82, 2.24) is 4.72 Å². The molecule has 2 aliphatic rings. The third kappa shape index (κ3) is 1.85. The van der Waals surface area contributed by atoms with Crippen molar-refractivity contribution < 1.29 is 17.9 Å². The SMILES string of the molecule is CC1(C)OC[C@@H]([C@@H]2NS(=O)(=O)c3ccccc32)O1. The first-order chi connectivity index (χ1) is 8.39. The molecule has 1 aromatic rings. The standard InChI is InChI=1S/C12H15NO4S/c1-12(2)16-7-9(17-12)11-8-5-3-4-6-10(8)18(14,15)13-11/h3-6,9,11,13H,7H2,1-2H3/t9-,11+/m0/s1. The topological polar surface area (TPSA) is 64.6 Å². The molecule has 0 saturated carbocycles. The van der Waals surface area contributed by atoms with Gasteiger partial charge in [-0.2, -0.15) is 0 Å². The van der Waals surface area contributed by atoms with Gasteiger partial charge in [-0.1, -0.05) is 18.2 Å². The molecular formula is C12H15NO4S. The molecule has 0 unspecified atom stereocenters. The van der Waals surface area contributed by atoms with Gasteiger partial charge >= 0.3 is 0 Å².